The molecule has 1 unspecified atom stereocenters. The average molecular weight is 314 g/mol. The zero-order chi connectivity index (χ0) is 16.4. The standard InChI is InChI=1S/C20H30N2O/c1-15-8-9-20-19(12-15)16(2)17(3)22(20)14-18(23)13-21-10-6-4-5-7-11-21/h8-9,12,18,23H,4-7,10-11,13-14H2,1-3H3. The summed E-state index contributed by atoms with van der Waals surface area (Å²) >= 11 is 0. The van der Waals surface area contributed by atoms with Gasteiger partial charge in [0, 0.05) is 23.1 Å². The monoisotopic (exact) mass is 314 g/mol. The van der Waals surface area contributed by atoms with Crippen molar-refractivity contribution in [3.8, 4) is 0 Å². The van der Waals surface area contributed by atoms with E-state index in [1.165, 1.54) is 53.4 Å². The van der Waals surface area contributed by atoms with E-state index in [1.807, 2.05) is 0 Å². The zero-order valence-corrected chi connectivity index (χ0v) is 14.8. The lowest BCUT2D eigenvalue weighted by Gasteiger charge is -2.24. The van der Waals surface area contributed by atoms with E-state index in [0.717, 1.165) is 19.6 Å². The van der Waals surface area contributed by atoms with E-state index >= 15 is 0 Å². The van der Waals surface area contributed by atoms with Gasteiger partial charge in [-0.2, -0.15) is 0 Å². The van der Waals surface area contributed by atoms with Crippen molar-refractivity contribution in [2.75, 3.05) is 19.6 Å². The van der Waals surface area contributed by atoms with Gasteiger partial charge in [-0.25, -0.2) is 0 Å². The molecular weight excluding hydrogens is 284 g/mol. The van der Waals surface area contributed by atoms with E-state index in [4.69, 9.17) is 0 Å². The number of rotatable bonds is 4. The average Bonchev–Trinajstić information content (AvgIpc) is 2.73. The molecule has 1 N–H and O–H groups in total. The second-order valence-corrected chi connectivity index (χ2v) is 7.21. The molecule has 1 aromatic carbocycles. The highest BCUT2D eigenvalue weighted by molar-refractivity contribution is 5.85. The Kier molecular flexibility index (Phi) is 5.08. The van der Waals surface area contributed by atoms with Crippen molar-refractivity contribution in [1.29, 1.82) is 0 Å². The molecule has 0 bridgehead atoms. The summed E-state index contributed by atoms with van der Waals surface area (Å²) < 4.78 is 2.30. The van der Waals surface area contributed by atoms with Crippen molar-refractivity contribution in [1.82, 2.24) is 9.47 Å². The van der Waals surface area contributed by atoms with Crippen LogP contribution in [-0.4, -0.2) is 40.3 Å². The first-order chi connectivity index (χ1) is 11.1. The molecule has 0 aliphatic carbocycles. The van der Waals surface area contributed by atoms with Crippen LogP contribution in [0.1, 0.15) is 42.5 Å². The van der Waals surface area contributed by atoms with Gasteiger partial charge in [0.2, 0.25) is 0 Å². The van der Waals surface area contributed by atoms with Gasteiger partial charge in [-0.3, -0.25) is 0 Å². The van der Waals surface area contributed by atoms with Gasteiger partial charge in [-0.1, -0.05) is 24.5 Å². The Morgan fingerprint density at radius 3 is 2.39 bits per heavy atom. The minimum absolute atomic E-state index is 0.303. The lowest BCUT2D eigenvalue weighted by atomic mass is 10.1. The lowest BCUT2D eigenvalue weighted by molar-refractivity contribution is 0.100. The number of fused-ring (bicyclic) bond motifs is 1. The molecule has 126 valence electrons. The molecule has 1 aromatic heterocycles. The number of benzene rings is 1. The van der Waals surface area contributed by atoms with Crippen LogP contribution < -0.4 is 0 Å². The van der Waals surface area contributed by atoms with Gasteiger partial charge in [0.05, 0.1) is 12.6 Å². The summed E-state index contributed by atoms with van der Waals surface area (Å²) in [5.41, 5.74) is 5.16. The quantitative estimate of drug-likeness (QED) is 0.929. The molecule has 0 amide bonds. The molecular formula is C20H30N2O. The maximum atomic E-state index is 10.6. The summed E-state index contributed by atoms with van der Waals surface area (Å²) in [5, 5.41) is 12.0. The zero-order valence-electron chi connectivity index (χ0n) is 14.8. The van der Waals surface area contributed by atoms with E-state index in [2.05, 4.69) is 48.4 Å². The maximum Gasteiger partial charge on any atom is 0.0845 e. The number of aromatic nitrogens is 1. The molecule has 1 aliphatic rings. The summed E-state index contributed by atoms with van der Waals surface area (Å²) in [4.78, 5) is 2.44. The van der Waals surface area contributed by atoms with Crippen LogP contribution in [0.2, 0.25) is 0 Å². The number of aliphatic hydroxyl groups excluding tert-OH is 1. The number of aryl methyl sites for hydroxylation is 2. The van der Waals surface area contributed by atoms with Crippen LogP contribution in [0.5, 0.6) is 0 Å². The van der Waals surface area contributed by atoms with Crippen LogP contribution in [0.4, 0.5) is 0 Å². The van der Waals surface area contributed by atoms with Crippen LogP contribution in [-0.2, 0) is 6.54 Å². The minimum Gasteiger partial charge on any atom is -0.390 e. The molecule has 1 fully saturated rings. The third kappa shape index (κ3) is 3.61. The van der Waals surface area contributed by atoms with Gasteiger partial charge in [-0.05, 0) is 64.4 Å². The lowest BCUT2D eigenvalue weighted by Crippen LogP contribution is -2.35. The third-order valence-electron chi connectivity index (χ3n) is 5.36. The number of hydrogen-bond acceptors (Lipinski definition) is 2. The number of β-amino-alcohol motifs (C(OH)–C–C–N with tert-alkyl or cyclic N) is 1. The second-order valence-electron chi connectivity index (χ2n) is 7.21. The van der Waals surface area contributed by atoms with E-state index in [0.29, 0.717) is 6.54 Å². The summed E-state index contributed by atoms with van der Waals surface area (Å²) in [6.45, 7) is 10.3. The second kappa shape index (κ2) is 7.06. The predicted molar refractivity (Wildman–Crippen MR) is 97.1 cm³/mol. The van der Waals surface area contributed by atoms with Crippen molar-refractivity contribution >= 4 is 10.9 Å². The Morgan fingerprint density at radius 1 is 1.00 bits per heavy atom. The third-order valence-corrected chi connectivity index (χ3v) is 5.36. The van der Waals surface area contributed by atoms with Crippen molar-refractivity contribution in [2.45, 2.75) is 59.1 Å². The summed E-state index contributed by atoms with van der Waals surface area (Å²) in [7, 11) is 0. The minimum atomic E-state index is -0.303. The molecule has 3 rings (SSSR count). The van der Waals surface area contributed by atoms with E-state index in [-0.39, 0.29) is 6.10 Å². The molecule has 0 radical (unpaired) electrons. The first kappa shape index (κ1) is 16.5. The molecule has 1 atom stereocenters. The fraction of sp³-hybridized carbons (Fsp3) is 0.600. The largest absolute Gasteiger partial charge is 0.390 e. The highest BCUT2D eigenvalue weighted by Gasteiger charge is 2.17. The summed E-state index contributed by atoms with van der Waals surface area (Å²) in [6, 6.07) is 6.62. The predicted octanol–water partition coefficient (Wildman–Crippen LogP) is 3.80. The normalized spacial score (nSPS) is 18.3. The van der Waals surface area contributed by atoms with Gasteiger partial charge in [-0.15, -0.1) is 0 Å². The molecule has 3 nitrogen and oxygen atoms in total. The Hall–Kier alpha value is -1.32. The van der Waals surface area contributed by atoms with Crippen molar-refractivity contribution in [3.63, 3.8) is 0 Å². The highest BCUT2D eigenvalue weighted by atomic mass is 16.3. The SMILES string of the molecule is Cc1ccc2c(c1)c(C)c(C)n2CC(O)CN1CCCCCC1. The molecule has 1 saturated heterocycles. The fourth-order valence-electron chi connectivity index (χ4n) is 3.88. The van der Waals surface area contributed by atoms with Crippen LogP contribution in [0, 0.1) is 20.8 Å². The van der Waals surface area contributed by atoms with Gasteiger partial charge >= 0.3 is 0 Å². The van der Waals surface area contributed by atoms with Crippen molar-refractivity contribution in [2.24, 2.45) is 0 Å². The molecule has 1 aliphatic heterocycles. The first-order valence-corrected chi connectivity index (χ1v) is 9.02. The Balaban J connectivity index is 1.76. The van der Waals surface area contributed by atoms with Crippen molar-refractivity contribution in [3.05, 3.63) is 35.0 Å². The molecule has 2 heterocycles. The highest BCUT2D eigenvalue weighted by Crippen LogP contribution is 2.26. The topological polar surface area (TPSA) is 28.4 Å². The van der Waals surface area contributed by atoms with E-state index < -0.39 is 0 Å². The summed E-state index contributed by atoms with van der Waals surface area (Å²) in [5.74, 6) is 0. The molecule has 0 saturated carbocycles. The van der Waals surface area contributed by atoms with Gasteiger partial charge in [0.1, 0.15) is 0 Å². The Morgan fingerprint density at radius 2 is 1.70 bits per heavy atom. The Labute approximate surface area is 139 Å². The first-order valence-electron chi connectivity index (χ1n) is 9.02. The van der Waals surface area contributed by atoms with Crippen LogP contribution >= 0.6 is 0 Å². The van der Waals surface area contributed by atoms with Gasteiger partial charge in [0.15, 0.2) is 0 Å². The van der Waals surface area contributed by atoms with E-state index in [1.54, 1.807) is 0 Å². The number of nitrogens with zero attached hydrogens (tertiary/aromatic N) is 2. The number of aliphatic hydroxyl groups is 1. The number of likely N-dealkylation sites (tertiary alicyclic amines) is 1. The molecule has 0 spiro atoms. The molecule has 23 heavy (non-hydrogen) atoms. The van der Waals surface area contributed by atoms with Crippen LogP contribution in [0.3, 0.4) is 0 Å². The van der Waals surface area contributed by atoms with Crippen LogP contribution in [0.15, 0.2) is 18.2 Å². The van der Waals surface area contributed by atoms with Crippen LogP contribution in [0.25, 0.3) is 10.9 Å². The van der Waals surface area contributed by atoms with Gasteiger partial charge < -0.3 is 14.6 Å². The maximum absolute atomic E-state index is 10.6. The van der Waals surface area contributed by atoms with Crippen molar-refractivity contribution < 1.29 is 5.11 Å². The van der Waals surface area contributed by atoms with Gasteiger partial charge in [0.25, 0.3) is 0 Å². The summed E-state index contributed by atoms with van der Waals surface area (Å²) in [6.07, 6.45) is 4.93. The fourth-order valence-corrected chi connectivity index (χ4v) is 3.88. The molecule has 3 heteroatoms. The smallest absolute Gasteiger partial charge is 0.0845 e. The van der Waals surface area contributed by atoms with E-state index in [9.17, 15) is 5.11 Å². The number of hydrogen-bond donors (Lipinski definition) is 1. The Bertz CT molecular complexity index is 666. The molecule has 2 aromatic rings.